The van der Waals surface area contributed by atoms with E-state index in [0.717, 1.165) is 31.7 Å². The lowest BCUT2D eigenvalue weighted by molar-refractivity contribution is -0.385. The first-order chi connectivity index (χ1) is 12.5. The van der Waals surface area contributed by atoms with E-state index in [0.29, 0.717) is 18.8 Å². The van der Waals surface area contributed by atoms with E-state index >= 15 is 0 Å². The van der Waals surface area contributed by atoms with Crippen LogP contribution in [0.3, 0.4) is 0 Å². The van der Waals surface area contributed by atoms with E-state index < -0.39 is 20.6 Å². The molecule has 1 aromatic heterocycles. The van der Waals surface area contributed by atoms with Crippen molar-refractivity contribution in [1.82, 2.24) is 9.29 Å². The van der Waals surface area contributed by atoms with E-state index in [1.54, 1.807) is 18.3 Å². The lowest BCUT2D eigenvalue weighted by atomic mass is 10.2. The predicted molar refractivity (Wildman–Crippen MR) is 94.6 cm³/mol. The number of ether oxygens (including phenoxy) is 1. The fourth-order valence-corrected chi connectivity index (χ4v) is 4.39. The number of hydrogen-bond donors (Lipinski definition) is 0. The molecule has 0 saturated carbocycles. The Bertz CT molecular complexity index is 879. The monoisotopic (exact) mass is 377 g/mol. The Morgan fingerprint density at radius 1 is 1.12 bits per heavy atom. The van der Waals surface area contributed by atoms with Crippen LogP contribution in [-0.2, 0) is 10.0 Å². The van der Waals surface area contributed by atoms with Gasteiger partial charge in [-0.25, -0.2) is 8.42 Å². The number of pyridine rings is 1. The molecular formula is C17H19N3O5S. The number of nitro benzene ring substituents is 1. The normalized spacial score (nSPS) is 16.0. The molecular weight excluding hydrogens is 358 g/mol. The molecule has 0 unspecified atom stereocenters. The van der Waals surface area contributed by atoms with Crippen molar-refractivity contribution in [3.8, 4) is 11.5 Å². The van der Waals surface area contributed by atoms with Crippen molar-refractivity contribution in [2.75, 3.05) is 13.1 Å². The Morgan fingerprint density at radius 2 is 1.85 bits per heavy atom. The van der Waals surface area contributed by atoms with Crippen LogP contribution in [0, 0.1) is 10.1 Å². The maximum atomic E-state index is 12.8. The van der Waals surface area contributed by atoms with Gasteiger partial charge in [0.25, 0.3) is 0 Å². The number of aromatic nitrogens is 1. The van der Waals surface area contributed by atoms with E-state index in [9.17, 15) is 18.5 Å². The zero-order valence-corrected chi connectivity index (χ0v) is 14.9. The molecule has 3 rings (SSSR count). The Balaban J connectivity index is 1.94. The molecule has 9 heteroatoms. The Labute approximate surface area is 151 Å². The van der Waals surface area contributed by atoms with Gasteiger partial charge in [-0.2, -0.15) is 4.31 Å². The highest BCUT2D eigenvalue weighted by molar-refractivity contribution is 7.89. The van der Waals surface area contributed by atoms with Crippen molar-refractivity contribution < 1.29 is 18.1 Å². The summed E-state index contributed by atoms with van der Waals surface area (Å²) in [4.78, 5) is 14.6. The highest BCUT2D eigenvalue weighted by Gasteiger charge is 2.28. The minimum atomic E-state index is -3.77. The number of nitro groups is 1. The van der Waals surface area contributed by atoms with Crippen LogP contribution in [0.4, 0.5) is 5.69 Å². The molecule has 138 valence electrons. The summed E-state index contributed by atoms with van der Waals surface area (Å²) in [7, 11) is -3.77. The van der Waals surface area contributed by atoms with Crippen LogP contribution in [0.15, 0.2) is 47.6 Å². The van der Waals surface area contributed by atoms with Crippen LogP contribution in [0.1, 0.15) is 25.7 Å². The summed E-state index contributed by atoms with van der Waals surface area (Å²) in [6.45, 7) is 0.869. The first-order valence-electron chi connectivity index (χ1n) is 8.35. The van der Waals surface area contributed by atoms with Crippen molar-refractivity contribution in [2.24, 2.45) is 0 Å². The Hall–Kier alpha value is -2.52. The fourth-order valence-electron chi connectivity index (χ4n) is 2.85. The zero-order valence-electron chi connectivity index (χ0n) is 14.1. The molecule has 0 radical (unpaired) electrons. The van der Waals surface area contributed by atoms with E-state index in [1.807, 2.05) is 0 Å². The molecule has 2 aromatic rings. The van der Waals surface area contributed by atoms with Gasteiger partial charge in [-0.15, -0.1) is 0 Å². The minimum absolute atomic E-state index is 0.0298. The molecule has 0 N–H and O–H groups in total. The standard InChI is InChI=1S/C17H19N3O5S/c21-20(22)16-12-15(26(23,24)19-10-3-1-2-4-11-19)7-8-17(16)25-14-6-5-9-18-13-14/h5-9,12-13H,1-4,10-11H2. The van der Waals surface area contributed by atoms with Crippen LogP contribution in [-0.4, -0.2) is 35.7 Å². The SMILES string of the molecule is O=[N+]([O-])c1cc(S(=O)(=O)N2CCCCCC2)ccc1Oc1cccnc1. The molecule has 1 saturated heterocycles. The third kappa shape index (κ3) is 4.00. The van der Waals surface area contributed by atoms with Crippen molar-refractivity contribution in [3.05, 3.63) is 52.8 Å². The quantitative estimate of drug-likeness (QED) is 0.585. The minimum Gasteiger partial charge on any atom is -0.449 e. The molecule has 0 aliphatic carbocycles. The van der Waals surface area contributed by atoms with Crippen LogP contribution < -0.4 is 4.74 Å². The van der Waals surface area contributed by atoms with Gasteiger partial charge in [0, 0.05) is 25.4 Å². The van der Waals surface area contributed by atoms with Gasteiger partial charge in [0.15, 0.2) is 0 Å². The molecule has 1 fully saturated rings. The predicted octanol–water partition coefficient (Wildman–Crippen LogP) is 3.35. The molecule has 0 bridgehead atoms. The third-order valence-corrected chi connectivity index (χ3v) is 6.09. The second-order valence-corrected chi connectivity index (χ2v) is 7.93. The molecule has 1 aromatic carbocycles. The molecule has 1 aliphatic rings. The van der Waals surface area contributed by atoms with Crippen LogP contribution in [0.25, 0.3) is 0 Å². The van der Waals surface area contributed by atoms with Gasteiger partial charge in [0.1, 0.15) is 5.75 Å². The first-order valence-corrected chi connectivity index (χ1v) is 9.79. The second-order valence-electron chi connectivity index (χ2n) is 6.00. The third-order valence-electron chi connectivity index (χ3n) is 4.19. The summed E-state index contributed by atoms with van der Waals surface area (Å²) < 4.78 is 32.6. The second kappa shape index (κ2) is 7.79. The van der Waals surface area contributed by atoms with Gasteiger partial charge in [-0.1, -0.05) is 12.8 Å². The molecule has 0 spiro atoms. The lowest BCUT2D eigenvalue weighted by Crippen LogP contribution is -2.31. The summed E-state index contributed by atoms with van der Waals surface area (Å²) in [6, 6.07) is 6.97. The number of nitrogens with zero attached hydrogens (tertiary/aromatic N) is 3. The highest BCUT2D eigenvalue weighted by Crippen LogP contribution is 2.34. The largest absolute Gasteiger partial charge is 0.449 e. The zero-order chi connectivity index (χ0) is 18.6. The van der Waals surface area contributed by atoms with Crippen molar-refractivity contribution >= 4 is 15.7 Å². The average Bonchev–Trinajstić information content (AvgIpc) is 2.92. The summed E-state index contributed by atoms with van der Waals surface area (Å²) in [5.41, 5.74) is -0.398. The molecule has 8 nitrogen and oxygen atoms in total. The van der Waals surface area contributed by atoms with Crippen LogP contribution >= 0.6 is 0 Å². The van der Waals surface area contributed by atoms with E-state index in [1.165, 1.54) is 22.6 Å². The van der Waals surface area contributed by atoms with Gasteiger partial charge in [-0.3, -0.25) is 15.1 Å². The molecule has 26 heavy (non-hydrogen) atoms. The van der Waals surface area contributed by atoms with Gasteiger partial charge in [0.05, 0.1) is 16.0 Å². The van der Waals surface area contributed by atoms with Gasteiger partial charge in [-0.05, 0) is 37.1 Å². The van der Waals surface area contributed by atoms with Gasteiger partial charge in [0.2, 0.25) is 15.8 Å². The van der Waals surface area contributed by atoms with Crippen molar-refractivity contribution in [3.63, 3.8) is 0 Å². The summed E-state index contributed by atoms with van der Waals surface area (Å²) in [5.74, 6) is 0.302. The molecule has 0 amide bonds. The maximum Gasteiger partial charge on any atom is 0.312 e. The molecule has 0 atom stereocenters. The van der Waals surface area contributed by atoms with E-state index in [4.69, 9.17) is 4.74 Å². The topological polar surface area (TPSA) is 103 Å². The first kappa shape index (κ1) is 18.3. The smallest absolute Gasteiger partial charge is 0.312 e. The Morgan fingerprint density at radius 3 is 2.46 bits per heavy atom. The fraction of sp³-hybridized carbons (Fsp3) is 0.353. The summed E-state index contributed by atoms with van der Waals surface area (Å²) >= 11 is 0. The Kier molecular flexibility index (Phi) is 5.48. The maximum absolute atomic E-state index is 12.8. The summed E-state index contributed by atoms with van der Waals surface area (Å²) in [6.07, 6.45) is 6.55. The van der Waals surface area contributed by atoms with E-state index in [-0.39, 0.29) is 10.6 Å². The van der Waals surface area contributed by atoms with Crippen molar-refractivity contribution in [2.45, 2.75) is 30.6 Å². The van der Waals surface area contributed by atoms with Crippen molar-refractivity contribution in [1.29, 1.82) is 0 Å². The number of rotatable bonds is 5. The van der Waals surface area contributed by atoms with Crippen LogP contribution in [0.2, 0.25) is 0 Å². The molecule has 1 aliphatic heterocycles. The number of sulfonamides is 1. The summed E-state index contributed by atoms with van der Waals surface area (Å²) in [5, 5.41) is 11.4. The van der Waals surface area contributed by atoms with E-state index in [2.05, 4.69) is 4.98 Å². The highest BCUT2D eigenvalue weighted by atomic mass is 32.2. The average molecular weight is 377 g/mol. The number of hydrogen-bond acceptors (Lipinski definition) is 6. The van der Waals surface area contributed by atoms with Crippen LogP contribution in [0.5, 0.6) is 11.5 Å². The van der Waals surface area contributed by atoms with Gasteiger partial charge < -0.3 is 4.74 Å². The number of benzene rings is 1. The lowest BCUT2D eigenvalue weighted by Gasteiger charge is -2.20. The van der Waals surface area contributed by atoms with Gasteiger partial charge >= 0.3 is 5.69 Å². The molecule has 2 heterocycles.